The number of likely N-dealkylation sites (tertiary alicyclic amines) is 1. The minimum Gasteiger partial charge on any atom is -0.480 e. The third kappa shape index (κ3) is 2.89. The van der Waals surface area contributed by atoms with Gasteiger partial charge in [0.05, 0.1) is 5.56 Å². The fraction of sp³-hybridized carbons (Fsp3) is 0.462. The summed E-state index contributed by atoms with van der Waals surface area (Å²) in [6, 6.07) is 3.67. The van der Waals surface area contributed by atoms with Crippen LogP contribution < -0.4 is 0 Å². The Hall–Kier alpha value is -1.56. The molecule has 2 rings (SSSR count). The minimum atomic E-state index is -4.54. The molecule has 1 aromatic carbocycles. The van der Waals surface area contributed by atoms with E-state index in [0.717, 1.165) is 18.9 Å². The first-order chi connectivity index (χ1) is 8.91. The van der Waals surface area contributed by atoms with E-state index in [4.69, 9.17) is 0 Å². The van der Waals surface area contributed by atoms with Gasteiger partial charge in [0.1, 0.15) is 6.04 Å². The van der Waals surface area contributed by atoms with Crippen LogP contribution in [0.15, 0.2) is 24.3 Å². The molecular weight excluding hydrogens is 259 g/mol. The van der Waals surface area contributed by atoms with Crippen LogP contribution in [-0.4, -0.2) is 29.1 Å². The van der Waals surface area contributed by atoms with Crippen molar-refractivity contribution in [1.82, 2.24) is 4.90 Å². The van der Waals surface area contributed by atoms with Crippen molar-refractivity contribution in [1.29, 1.82) is 0 Å². The number of carboxylic acid groups (broad SMARTS) is 1. The molecule has 1 aromatic rings. The number of benzene rings is 1. The van der Waals surface area contributed by atoms with E-state index in [9.17, 15) is 23.1 Å². The molecule has 0 spiro atoms. The van der Waals surface area contributed by atoms with Gasteiger partial charge in [-0.05, 0) is 37.6 Å². The van der Waals surface area contributed by atoms with E-state index >= 15 is 0 Å². The Bertz CT molecular complexity index is 467. The molecule has 104 valence electrons. The molecule has 0 aromatic heterocycles. The van der Waals surface area contributed by atoms with Crippen LogP contribution in [0.3, 0.4) is 0 Å². The van der Waals surface area contributed by atoms with Gasteiger partial charge < -0.3 is 5.11 Å². The number of nitrogens with zero attached hydrogens (tertiary/aromatic N) is 1. The molecule has 1 saturated heterocycles. The van der Waals surface area contributed by atoms with Crippen LogP contribution in [-0.2, 0) is 11.0 Å². The number of hydrogen-bond acceptors (Lipinski definition) is 2. The summed E-state index contributed by atoms with van der Waals surface area (Å²) in [6.07, 6.45) is -2.90. The van der Waals surface area contributed by atoms with E-state index in [-0.39, 0.29) is 5.56 Å². The van der Waals surface area contributed by atoms with Crippen LogP contribution in [0.2, 0.25) is 0 Å². The van der Waals surface area contributed by atoms with Gasteiger partial charge in [-0.2, -0.15) is 13.2 Å². The summed E-state index contributed by atoms with van der Waals surface area (Å²) < 4.78 is 38.8. The first kappa shape index (κ1) is 13.9. The summed E-state index contributed by atoms with van der Waals surface area (Å²) in [7, 11) is 0. The Kier molecular flexibility index (Phi) is 3.80. The number of halogens is 3. The maximum atomic E-state index is 12.9. The zero-order chi connectivity index (χ0) is 14.0. The number of carbonyl (C=O) groups is 1. The Morgan fingerprint density at radius 1 is 1.21 bits per heavy atom. The van der Waals surface area contributed by atoms with E-state index in [0.29, 0.717) is 13.1 Å². The van der Waals surface area contributed by atoms with Crippen LogP contribution in [0.25, 0.3) is 0 Å². The average molecular weight is 273 g/mol. The molecule has 0 aliphatic carbocycles. The van der Waals surface area contributed by atoms with Crippen LogP contribution in [0, 0.1) is 0 Å². The van der Waals surface area contributed by atoms with Crippen molar-refractivity contribution in [3.8, 4) is 0 Å². The molecule has 1 unspecified atom stereocenters. The van der Waals surface area contributed by atoms with Crippen molar-refractivity contribution in [2.45, 2.75) is 25.1 Å². The third-order valence-electron chi connectivity index (χ3n) is 3.30. The minimum absolute atomic E-state index is 0.176. The van der Waals surface area contributed by atoms with Gasteiger partial charge in [0, 0.05) is 0 Å². The lowest BCUT2D eigenvalue weighted by Crippen LogP contribution is -2.33. The van der Waals surface area contributed by atoms with Crippen LogP contribution in [0.1, 0.15) is 30.0 Å². The van der Waals surface area contributed by atoms with E-state index < -0.39 is 23.8 Å². The van der Waals surface area contributed by atoms with Crippen LogP contribution in [0.4, 0.5) is 13.2 Å². The summed E-state index contributed by atoms with van der Waals surface area (Å²) in [5.41, 5.74) is -1.04. The van der Waals surface area contributed by atoms with E-state index in [1.165, 1.54) is 18.2 Å². The van der Waals surface area contributed by atoms with E-state index in [2.05, 4.69) is 0 Å². The van der Waals surface area contributed by atoms with Crippen molar-refractivity contribution in [3.63, 3.8) is 0 Å². The standard InChI is InChI=1S/C13H14F3NO2/c14-13(15,16)10-6-2-1-5-9(10)11(12(18)19)17-7-3-4-8-17/h1-2,5-6,11H,3-4,7-8H2,(H,18,19). The van der Waals surface area contributed by atoms with Gasteiger partial charge in [0.2, 0.25) is 0 Å². The lowest BCUT2D eigenvalue weighted by atomic mass is 9.99. The lowest BCUT2D eigenvalue weighted by molar-refractivity contribution is -0.145. The van der Waals surface area contributed by atoms with E-state index in [1.54, 1.807) is 4.90 Å². The Morgan fingerprint density at radius 3 is 2.32 bits per heavy atom. The van der Waals surface area contributed by atoms with Gasteiger partial charge in [-0.15, -0.1) is 0 Å². The first-order valence-corrected chi connectivity index (χ1v) is 6.04. The lowest BCUT2D eigenvalue weighted by Gasteiger charge is -2.26. The van der Waals surface area contributed by atoms with Gasteiger partial charge in [0.15, 0.2) is 0 Å². The quantitative estimate of drug-likeness (QED) is 0.920. The van der Waals surface area contributed by atoms with Crippen molar-refractivity contribution in [2.75, 3.05) is 13.1 Å². The molecule has 1 aliphatic rings. The molecule has 1 heterocycles. The summed E-state index contributed by atoms with van der Waals surface area (Å²) in [4.78, 5) is 12.9. The van der Waals surface area contributed by atoms with Gasteiger partial charge in [-0.3, -0.25) is 9.69 Å². The van der Waals surface area contributed by atoms with Crippen molar-refractivity contribution >= 4 is 5.97 Å². The highest BCUT2D eigenvalue weighted by atomic mass is 19.4. The molecule has 1 N–H and O–H groups in total. The maximum Gasteiger partial charge on any atom is 0.416 e. The zero-order valence-electron chi connectivity index (χ0n) is 10.2. The topological polar surface area (TPSA) is 40.5 Å². The summed E-state index contributed by atoms with van der Waals surface area (Å²) in [5.74, 6) is -1.24. The predicted molar refractivity (Wildman–Crippen MR) is 62.6 cm³/mol. The van der Waals surface area contributed by atoms with Gasteiger partial charge in [-0.1, -0.05) is 18.2 Å². The molecule has 0 bridgehead atoms. The molecule has 1 atom stereocenters. The highest BCUT2D eigenvalue weighted by Gasteiger charge is 2.39. The fourth-order valence-electron chi connectivity index (χ4n) is 2.48. The molecule has 3 nitrogen and oxygen atoms in total. The van der Waals surface area contributed by atoms with Crippen molar-refractivity contribution in [3.05, 3.63) is 35.4 Å². The Morgan fingerprint density at radius 2 is 1.79 bits per heavy atom. The molecule has 6 heteroatoms. The summed E-state index contributed by atoms with van der Waals surface area (Å²) in [6.45, 7) is 1.03. The fourth-order valence-corrected chi connectivity index (χ4v) is 2.48. The molecular formula is C13H14F3NO2. The largest absolute Gasteiger partial charge is 0.480 e. The second-order valence-corrected chi connectivity index (χ2v) is 4.57. The number of aliphatic carboxylic acids is 1. The van der Waals surface area contributed by atoms with Crippen molar-refractivity contribution in [2.24, 2.45) is 0 Å². The number of alkyl halides is 3. The predicted octanol–water partition coefficient (Wildman–Crippen LogP) is 2.93. The summed E-state index contributed by atoms with van der Waals surface area (Å²) >= 11 is 0. The molecule has 19 heavy (non-hydrogen) atoms. The van der Waals surface area contributed by atoms with E-state index in [1.807, 2.05) is 0 Å². The highest BCUT2D eigenvalue weighted by Crippen LogP contribution is 2.37. The molecule has 0 saturated carbocycles. The number of carboxylic acids is 1. The molecule has 0 amide bonds. The average Bonchev–Trinajstić information content (AvgIpc) is 2.81. The number of rotatable bonds is 3. The van der Waals surface area contributed by atoms with Gasteiger partial charge >= 0.3 is 12.1 Å². The number of hydrogen-bond donors (Lipinski definition) is 1. The Balaban J connectivity index is 2.45. The monoisotopic (exact) mass is 273 g/mol. The van der Waals surface area contributed by atoms with Gasteiger partial charge in [-0.25, -0.2) is 0 Å². The van der Waals surface area contributed by atoms with Crippen molar-refractivity contribution < 1.29 is 23.1 Å². The second kappa shape index (κ2) is 5.21. The zero-order valence-corrected chi connectivity index (χ0v) is 10.2. The third-order valence-corrected chi connectivity index (χ3v) is 3.30. The maximum absolute atomic E-state index is 12.9. The highest BCUT2D eigenvalue weighted by molar-refractivity contribution is 5.76. The molecule has 1 aliphatic heterocycles. The second-order valence-electron chi connectivity index (χ2n) is 4.57. The van der Waals surface area contributed by atoms with Crippen LogP contribution in [0.5, 0.6) is 0 Å². The molecule has 1 fully saturated rings. The SMILES string of the molecule is O=C(O)C(c1ccccc1C(F)(F)F)N1CCCC1. The Labute approximate surface area is 108 Å². The normalized spacial score (nSPS) is 18.5. The van der Waals surface area contributed by atoms with Gasteiger partial charge in [0.25, 0.3) is 0 Å². The molecule has 0 radical (unpaired) electrons. The summed E-state index contributed by atoms with van der Waals surface area (Å²) in [5, 5.41) is 9.27. The first-order valence-electron chi connectivity index (χ1n) is 6.04. The smallest absolute Gasteiger partial charge is 0.416 e. The van der Waals surface area contributed by atoms with Crippen LogP contribution >= 0.6 is 0 Å².